The van der Waals surface area contributed by atoms with Gasteiger partial charge in [-0.1, -0.05) is 25.1 Å². The Bertz CT molecular complexity index is 570. The zero-order valence-electron chi connectivity index (χ0n) is 13.2. The molecule has 0 bridgehead atoms. The fourth-order valence-corrected chi connectivity index (χ4v) is 4.45. The normalized spacial score (nSPS) is 28.0. The molecule has 0 radical (unpaired) electrons. The number of amides is 2. The Morgan fingerprint density at radius 1 is 1.22 bits per heavy atom. The smallest absolute Gasteiger partial charge is 0.255 e. The predicted octanol–water partition coefficient (Wildman–Crippen LogP) is 1.43. The van der Waals surface area contributed by atoms with Gasteiger partial charge in [0.1, 0.15) is 6.04 Å². The van der Waals surface area contributed by atoms with Gasteiger partial charge in [-0.15, -0.1) is 11.8 Å². The van der Waals surface area contributed by atoms with Crippen LogP contribution >= 0.6 is 11.8 Å². The molecule has 2 fully saturated rings. The van der Waals surface area contributed by atoms with Crippen molar-refractivity contribution >= 4 is 23.6 Å². The van der Waals surface area contributed by atoms with Crippen LogP contribution in [0.1, 0.15) is 23.7 Å². The van der Waals surface area contributed by atoms with Crippen molar-refractivity contribution in [3.8, 4) is 0 Å². The molecule has 2 heterocycles. The SMILES string of the molecule is CC1CC(O)CN(C(=O)C2CSCN2C(=O)c2ccccc2)C1. The number of carbonyl (C=O) groups is 2. The second kappa shape index (κ2) is 6.93. The predicted molar refractivity (Wildman–Crippen MR) is 90.1 cm³/mol. The van der Waals surface area contributed by atoms with Crippen LogP contribution in [0.4, 0.5) is 0 Å². The van der Waals surface area contributed by atoms with Gasteiger partial charge in [-0.25, -0.2) is 0 Å². The molecule has 6 heteroatoms. The van der Waals surface area contributed by atoms with Gasteiger partial charge in [-0.05, 0) is 24.5 Å². The van der Waals surface area contributed by atoms with Crippen LogP contribution < -0.4 is 0 Å². The third kappa shape index (κ3) is 3.53. The van der Waals surface area contributed by atoms with Gasteiger partial charge in [0.05, 0.1) is 12.0 Å². The molecule has 3 rings (SSSR count). The van der Waals surface area contributed by atoms with Crippen molar-refractivity contribution in [1.82, 2.24) is 9.80 Å². The quantitative estimate of drug-likeness (QED) is 0.889. The van der Waals surface area contributed by atoms with E-state index in [0.717, 1.165) is 6.42 Å². The summed E-state index contributed by atoms with van der Waals surface area (Å²) < 4.78 is 0. The maximum Gasteiger partial charge on any atom is 0.255 e. The van der Waals surface area contributed by atoms with E-state index in [0.29, 0.717) is 30.3 Å². The number of thioether (sulfide) groups is 1. The van der Waals surface area contributed by atoms with Crippen LogP contribution in [0.2, 0.25) is 0 Å². The molecule has 0 aromatic heterocycles. The van der Waals surface area contributed by atoms with Crippen molar-refractivity contribution in [1.29, 1.82) is 0 Å². The van der Waals surface area contributed by atoms with E-state index in [1.54, 1.807) is 33.7 Å². The van der Waals surface area contributed by atoms with Crippen molar-refractivity contribution in [2.24, 2.45) is 5.92 Å². The average Bonchev–Trinajstić information content (AvgIpc) is 3.03. The molecular formula is C17H22N2O3S. The molecule has 2 amide bonds. The highest BCUT2D eigenvalue weighted by atomic mass is 32.2. The first-order valence-corrected chi connectivity index (χ1v) is 9.12. The summed E-state index contributed by atoms with van der Waals surface area (Å²) in [6.07, 6.45) is 0.269. The van der Waals surface area contributed by atoms with Crippen molar-refractivity contribution in [2.45, 2.75) is 25.5 Å². The van der Waals surface area contributed by atoms with Crippen LogP contribution in [-0.2, 0) is 4.79 Å². The van der Waals surface area contributed by atoms with E-state index in [9.17, 15) is 14.7 Å². The number of likely N-dealkylation sites (tertiary alicyclic amines) is 1. The molecule has 1 aromatic rings. The molecule has 3 unspecified atom stereocenters. The maximum atomic E-state index is 12.8. The maximum absolute atomic E-state index is 12.8. The monoisotopic (exact) mass is 334 g/mol. The molecule has 0 aliphatic carbocycles. The standard InChI is InChI=1S/C17H22N2O3S/c1-12-7-14(20)9-18(8-12)17(22)15-10-23-11-19(15)16(21)13-5-3-2-4-6-13/h2-6,12,14-15,20H,7-11H2,1H3. The summed E-state index contributed by atoms with van der Waals surface area (Å²) in [5.41, 5.74) is 0.611. The third-order valence-corrected chi connectivity index (χ3v) is 5.41. The van der Waals surface area contributed by atoms with Gasteiger partial charge in [-0.2, -0.15) is 0 Å². The molecule has 2 saturated heterocycles. The summed E-state index contributed by atoms with van der Waals surface area (Å²) in [7, 11) is 0. The van der Waals surface area contributed by atoms with Crippen molar-refractivity contribution in [3.63, 3.8) is 0 Å². The molecule has 2 aliphatic rings. The van der Waals surface area contributed by atoms with Gasteiger partial charge in [0.25, 0.3) is 5.91 Å². The molecule has 1 aromatic carbocycles. The van der Waals surface area contributed by atoms with Gasteiger partial charge in [0.15, 0.2) is 0 Å². The Hall–Kier alpha value is -1.53. The average molecular weight is 334 g/mol. The van der Waals surface area contributed by atoms with Gasteiger partial charge in [0, 0.05) is 24.4 Å². The van der Waals surface area contributed by atoms with E-state index in [4.69, 9.17) is 0 Å². The lowest BCUT2D eigenvalue weighted by Crippen LogP contribution is -2.53. The molecule has 2 aliphatic heterocycles. The van der Waals surface area contributed by atoms with Crippen molar-refractivity contribution in [2.75, 3.05) is 24.7 Å². The van der Waals surface area contributed by atoms with E-state index >= 15 is 0 Å². The molecule has 0 saturated carbocycles. The summed E-state index contributed by atoms with van der Waals surface area (Å²) in [5.74, 6) is 1.31. The number of piperidine rings is 1. The molecule has 124 valence electrons. The summed E-state index contributed by atoms with van der Waals surface area (Å²) in [5, 5.41) is 9.92. The Kier molecular flexibility index (Phi) is 4.92. The fraction of sp³-hybridized carbons (Fsp3) is 0.529. The minimum atomic E-state index is -0.463. The van der Waals surface area contributed by atoms with E-state index in [1.165, 1.54) is 0 Å². The second-order valence-electron chi connectivity index (χ2n) is 6.39. The van der Waals surface area contributed by atoms with Crippen LogP contribution in [0.25, 0.3) is 0 Å². The van der Waals surface area contributed by atoms with Gasteiger partial charge >= 0.3 is 0 Å². The largest absolute Gasteiger partial charge is 0.391 e. The number of aliphatic hydroxyl groups excluding tert-OH is 1. The molecule has 3 atom stereocenters. The van der Waals surface area contributed by atoms with Crippen LogP contribution in [0, 0.1) is 5.92 Å². The van der Waals surface area contributed by atoms with Crippen LogP contribution in [0.5, 0.6) is 0 Å². The highest BCUT2D eigenvalue weighted by Gasteiger charge is 2.39. The summed E-state index contributed by atoms with van der Waals surface area (Å²) in [6.45, 7) is 3.07. The van der Waals surface area contributed by atoms with Gasteiger partial charge in [-0.3, -0.25) is 9.59 Å². The van der Waals surface area contributed by atoms with Gasteiger partial charge in [0.2, 0.25) is 5.91 Å². The molecule has 5 nitrogen and oxygen atoms in total. The third-order valence-electron chi connectivity index (χ3n) is 4.40. The van der Waals surface area contributed by atoms with Crippen LogP contribution in [-0.4, -0.2) is 63.6 Å². The summed E-state index contributed by atoms with van der Waals surface area (Å²) in [6, 6.07) is 8.66. The van der Waals surface area contributed by atoms with Crippen molar-refractivity contribution < 1.29 is 14.7 Å². The lowest BCUT2D eigenvalue weighted by Gasteiger charge is -2.37. The van der Waals surface area contributed by atoms with E-state index < -0.39 is 12.1 Å². The van der Waals surface area contributed by atoms with Crippen molar-refractivity contribution in [3.05, 3.63) is 35.9 Å². The van der Waals surface area contributed by atoms with E-state index in [2.05, 4.69) is 0 Å². The number of benzene rings is 1. The lowest BCUT2D eigenvalue weighted by atomic mass is 9.97. The number of nitrogens with zero attached hydrogens (tertiary/aromatic N) is 2. The Morgan fingerprint density at radius 3 is 2.65 bits per heavy atom. The number of hydrogen-bond donors (Lipinski definition) is 1. The highest BCUT2D eigenvalue weighted by Crippen LogP contribution is 2.26. The first-order valence-electron chi connectivity index (χ1n) is 7.97. The minimum absolute atomic E-state index is 0.0371. The van der Waals surface area contributed by atoms with E-state index in [1.807, 2.05) is 25.1 Å². The topological polar surface area (TPSA) is 60.9 Å². The highest BCUT2D eigenvalue weighted by molar-refractivity contribution is 7.99. The zero-order valence-corrected chi connectivity index (χ0v) is 14.0. The molecule has 0 spiro atoms. The Labute approximate surface area is 140 Å². The lowest BCUT2D eigenvalue weighted by molar-refractivity contribution is -0.139. The summed E-state index contributed by atoms with van der Waals surface area (Å²) in [4.78, 5) is 28.9. The molecular weight excluding hydrogens is 312 g/mol. The first kappa shape index (κ1) is 16.3. The first-order chi connectivity index (χ1) is 11.1. The molecule has 23 heavy (non-hydrogen) atoms. The van der Waals surface area contributed by atoms with Crippen LogP contribution in [0.3, 0.4) is 0 Å². The number of aliphatic hydroxyl groups is 1. The fourth-order valence-electron chi connectivity index (χ4n) is 3.30. The Morgan fingerprint density at radius 2 is 1.96 bits per heavy atom. The number of hydrogen-bond acceptors (Lipinski definition) is 4. The minimum Gasteiger partial charge on any atom is -0.391 e. The molecule has 1 N–H and O–H groups in total. The summed E-state index contributed by atoms with van der Waals surface area (Å²) >= 11 is 1.60. The second-order valence-corrected chi connectivity index (χ2v) is 7.39. The van der Waals surface area contributed by atoms with Gasteiger partial charge < -0.3 is 14.9 Å². The number of β-amino-alcohol motifs (C(OH)–C–C–N with tert-alkyl or cyclic N) is 1. The Balaban J connectivity index is 1.73. The number of carbonyl (C=O) groups excluding carboxylic acids is 2. The zero-order chi connectivity index (χ0) is 16.4. The van der Waals surface area contributed by atoms with E-state index in [-0.39, 0.29) is 17.7 Å². The van der Waals surface area contributed by atoms with Crippen LogP contribution in [0.15, 0.2) is 30.3 Å². The number of rotatable bonds is 2.